The van der Waals surface area contributed by atoms with E-state index in [1.165, 1.54) is 12.1 Å². The normalized spacial score (nSPS) is 21.1. The summed E-state index contributed by atoms with van der Waals surface area (Å²) in [7, 11) is 0. The Kier molecular flexibility index (Phi) is 7.40. The molecule has 0 radical (unpaired) electrons. The van der Waals surface area contributed by atoms with E-state index in [-0.39, 0.29) is 29.8 Å². The molecule has 2 aliphatic heterocycles. The number of likely N-dealkylation sites (tertiary alicyclic amines) is 1. The zero-order valence-corrected chi connectivity index (χ0v) is 23.9. The van der Waals surface area contributed by atoms with Crippen LogP contribution >= 0.6 is 23.2 Å². The number of hydrogen-bond donors (Lipinski definition) is 2. The lowest BCUT2D eigenvalue weighted by molar-refractivity contribution is -0.151. The van der Waals surface area contributed by atoms with Crippen molar-refractivity contribution in [2.45, 2.75) is 31.5 Å². The SMILES string of the molecule is Cc1ccc(OC2(C(=O)N3CCNCC3)CC(=O)N(Cc3ccc(Cl)c(F)c3)C2c2c[nH]c3cc(Cl)ccc23)cc1. The molecule has 0 saturated carbocycles. The molecule has 2 saturated heterocycles. The molecule has 6 rings (SSSR count). The van der Waals surface area contributed by atoms with Gasteiger partial charge >= 0.3 is 0 Å². The second-order valence-electron chi connectivity index (χ2n) is 10.6. The Balaban J connectivity index is 1.53. The van der Waals surface area contributed by atoms with Crippen molar-refractivity contribution < 1.29 is 18.7 Å². The fourth-order valence-electron chi connectivity index (χ4n) is 5.88. The summed E-state index contributed by atoms with van der Waals surface area (Å²) in [5.41, 5.74) is 1.49. The summed E-state index contributed by atoms with van der Waals surface area (Å²) in [5, 5.41) is 4.65. The number of piperazine rings is 1. The summed E-state index contributed by atoms with van der Waals surface area (Å²) in [4.78, 5) is 35.2. The molecule has 2 fully saturated rings. The first-order chi connectivity index (χ1) is 19.7. The van der Waals surface area contributed by atoms with Gasteiger partial charge in [-0.3, -0.25) is 9.59 Å². The van der Waals surface area contributed by atoms with Gasteiger partial charge in [-0.1, -0.05) is 53.0 Å². The average Bonchev–Trinajstić information content (AvgIpc) is 3.49. The Labute approximate surface area is 247 Å². The summed E-state index contributed by atoms with van der Waals surface area (Å²) < 4.78 is 21.2. The number of halogens is 3. The summed E-state index contributed by atoms with van der Waals surface area (Å²) >= 11 is 12.2. The molecular weight excluding hydrogens is 566 g/mol. The van der Waals surface area contributed by atoms with Gasteiger partial charge in [0.05, 0.1) is 11.4 Å². The number of fused-ring (bicyclic) bond motifs is 1. The van der Waals surface area contributed by atoms with Gasteiger partial charge in [0, 0.05) is 60.4 Å². The third-order valence-electron chi connectivity index (χ3n) is 7.88. The summed E-state index contributed by atoms with van der Waals surface area (Å²) in [6.45, 7) is 4.30. The molecule has 2 amide bonds. The Morgan fingerprint density at radius 2 is 1.83 bits per heavy atom. The molecule has 4 aromatic rings. The highest BCUT2D eigenvalue weighted by atomic mass is 35.5. The minimum atomic E-state index is -1.58. The first-order valence-corrected chi connectivity index (χ1v) is 14.3. The van der Waals surface area contributed by atoms with Crippen molar-refractivity contribution in [3.63, 3.8) is 0 Å². The van der Waals surface area contributed by atoms with Gasteiger partial charge in [0.2, 0.25) is 11.5 Å². The quantitative estimate of drug-likeness (QED) is 0.302. The molecule has 2 aliphatic rings. The number of aromatic nitrogens is 1. The van der Waals surface area contributed by atoms with E-state index in [9.17, 15) is 14.0 Å². The van der Waals surface area contributed by atoms with E-state index in [1.807, 2.05) is 37.3 Å². The molecule has 7 nitrogen and oxygen atoms in total. The monoisotopic (exact) mass is 594 g/mol. The molecule has 2 unspecified atom stereocenters. The number of ether oxygens (including phenoxy) is 1. The van der Waals surface area contributed by atoms with Crippen LogP contribution in [0.2, 0.25) is 10.0 Å². The number of nitrogens with one attached hydrogen (secondary N) is 2. The van der Waals surface area contributed by atoms with Crippen molar-refractivity contribution in [1.82, 2.24) is 20.1 Å². The average molecular weight is 596 g/mol. The van der Waals surface area contributed by atoms with Gasteiger partial charge in [0.1, 0.15) is 17.6 Å². The van der Waals surface area contributed by atoms with E-state index < -0.39 is 17.5 Å². The van der Waals surface area contributed by atoms with E-state index in [0.29, 0.717) is 48.1 Å². The van der Waals surface area contributed by atoms with Crippen LogP contribution in [0, 0.1) is 12.7 Å². The zero-order valence-electron chi connectivity index (χ0n) is 22.4. The van der Waals surface area contributed by atoms with Crippen LogP contribution in [0.1, 0.15) is 29.2 Å². The number of aromatic amines is 1. The third-order valence-corrected chi connectivity index (χ3v) is 8.42. The lowest BCUT2D eigenvalue weighted by atomic mass is 9.86. The van der Waals surface area contributed by atoms with Crippen LogP contribution in [0.4, 0.5) is 4.39 Å². The minimum absolute atomic E-state index is 0.00232. The fourth-order valence-corrected chi connectivity index (χ4v) is 6.17. The van der Waals surface area contributed by atoms with E-state index in [4.69, 9.17) is 27.9 Å². The van der Waals surface area contributed by atoms with Crippen molar-refractivity contribution in [2.24, 2.45) is 0 Å². The Morgan fingerprint density at radius 1 is 1.07 bits per heavy atom. The van der Waals surface area contributed by atoms with Crippen molar-refractivity contribution in [3.05, 3.63) is 99.4 Å². The van der Waals surface area contributed by atoms with E-state index in [2.05, 4.69) is 10.3 Å². The number of benzene rings is 3. The lowest BCUT2D eigenvalue weighted by Crippen LogP contribution is -2.59. The summed E-state index contributed by atoms with van der Waals surface area (Å²) in [6.07, 6.45) is 1.63. The topological polar surface area (TPSA) is 77.7 Å². The number of amides is 2. The van der Waals surface area contributed by atoms with Crippen LogP contribution in [-0.2, 0) is 16.1 Å². The molecule has 212 valence electrons. The van der Waals surface area contributed by atoms with Crippen molar-refractivity contribution in [3.8, 4) is 5.75 Å². The van der Waals surface area contributed by atoms with E-state index >= 15 is 0 Å². The molecule has 0 bridgehead atoms. The number of aryl methyl sites for hydroxylation is 1. The second-order valence-corrected chi connectivity index (χ2v) is 11.5. The van der Waals surface area contributed by atoms with Gasteiger partial charge < -0.3 is 24.8 Å². The van der Waals surface area contributed by atoms with Crippen molar-refractivity contribution in [2.75, 3.05) is 26.2 Å². The largest absolute Gasteiger partial charge is 0.474 e. The van der Waals surface area contributed by atoms with Crippen LogP contribution < -0.4 is 10.1 Å². The van der Waals surface area contributed by atoms with Crippen molar-refractivity contribution >= 4 is 45.9 Å². The molecule has 2 N–H and O–H groups in total. The highest BCUT2D eigenvalue weighted by Gasteiger charge is 2.61. The molecule has 2 atom stereocenters. The maximum atomic E-state index is 14.6. The van der Waals surface area contributed by atoms with Gasteiger partial charge in [0.25, 0.3) is 5.91 Å². The molecule has 41 heavy (non-hydrogen) atoms. The second kappa shape index (κ2) is 11.0. The van der Waals surface area contributed by atoms with Gasteiger partial charge in [-0.25, -0.2) is 4.39 Å². The third kappa shape index (κ3) is 5.16. The van der Waals surface area contributed by atoms with Gasteiger partial charge in [-0.2, -0.15) is 0 Å². The highest BCUT2D eigenvalue weighted by Crippen LogP contribution is 2.48. The number of rotatable bonds is 6. The Hall–Kier alpha value is -3.59. The molecule has 1 aromatic heterocycles. The molecule has 10 heteroatoms. The predicted molar refractivity (Wildman–Crippen MR) is 157 cm³/mol. The number of carbonyl (C=O) groups is 2. The molecule has 0 spiro atoms. The molecule has 0 aliphatic carbocycles. The first-order valence-electron chi connectivity index (χ1n) is 13.5. The zero-order chi connectivity index (χ0) is 28.7. The number of nitrogens with zero attached hydrogens (tertiary/aromatic N) is 2. The summed E-state index contributed by atoms with van der Waals surface area (Å²) in [6, 6.07) is 16.5. The Morgan fingerprint density at radius 3 is 2.56 bits per heavy atom. The molecule has 3 heterocycles. The lowest BCUT2D eigenvalue weighted by Gasteiger charge is -2.41. The minimum Gasteiger partial charge on any atom is -0.474 e. The number of carbonyl (C=O) groups excluding carboxylic acids is 2. The standard InChI is InChI=1S/C31H29Cl2FN4O3/c1-19-2-6-22(7-3-19)41-31(30(40)37-12-10-35-11-13-37)16-28(39)38(18-20-4-9-25(33)26(34)14-20)29(31)24-17-36-27-15-21(32)5-8-23(24)27/h2-9,14-15,17,29,35-36H,10-13,16,18H2,1H3. The fraction of sp³-hybridized carbons (Fsp3) is 0.290. The van der Waals surface area contributed by atoms with Crippen molar-refractivity contribution in [1.29, 1.82) is 0 Å². The van der Waals surface area contributed by atoms with Crippen LogP contribution in [0.5, 0.6) is 5.75 Å². The van der Waals surface area contributed by atoms with Crippen LogP contribution in [0.3, 0.4) is 0 Å². The number of hydrogen-bond acceptors (Lipinski definition) is 4. The smallest absolute Gasteiger partial charge is 0.269 e. The van der Waals surface area contributed by atoms with E-state index in [0.717, 1.165) is 16.5 Å². The van der Waals surface area contributed by atoms with E-state index in [1.54, 1.807) is 34.2 Å². The van der Waals surface area contributed by atoms with Crippen LogP contribution in [0.25, 0.3) is 10.9 Å². The first kappa shape index (κ1) is 27.6. The predicted octanol–water partition coefficient (Wildman–Crippen LogP) is 5.65. The summed E-state index contributed by atoms with van der Waals surface area (Å²) in [5.74, 6) is -0.623. The van der Waals surface area contributed by atoms with Gasteiger partial charge in [0.15, 0.2) is 0 Å². The Bertz CT molecular complexity index is 1620. The highest BCUT2D eigenvalue weighted by molar-refractivity contribution is 6.31. The molecular formula is C31H29Cl2FN4O3. The number of H-pyrrole nitrogens is 1. The molecule has 3 aromatic carbocycles. The van der Waals surface area contributed by atoms with Gasteiger partial charge in [-0.05, 0) is 48.9 Å². The van der Waals surface area contributed by atoms with Gasteiger partial charge in [-0.15, -0.1) is 0 Å². The maximum absolute atomic E-state index is 14.6. The van der Waals surface area contributed by atoms with Crippen LogP contribution in [-0.4, -0.2) is 58.4 Å². The maximum Gasteiger partial charge on any atom is 0.269 e. The van der Waals surface area contributed by atoms with Crippen LogP contribution in [0.15, 0.2) is 66.9 Å².